The summed E-state index contributed by atoms with van der Waals surface area (Å²) in [5.74, 6) is 4.92. The van der Waals surface area contributed by atoms with Crippen molar-refractivity contribution in [3.05, 3.63) is 0 Å². The zero-order valence-corrected chi connectivity index (χ0v) is 14.7. The molecule has 4 saturated carbocycles. The molecule has 7 atom stereocenters. The van der Waals surface area contributed by atoms with Crippen molar-refractivity contribution in [1.29, 1.82) is 0 Å². The number of hydrogen-bond acceptors (Lipinski definition) is 2. The Balaban J connectivity index is 1.42. The molecule has 0 N–H and O–H groups in total. The van der Waals surface area contributed by atoms with Crippen LogP contribution in [0.5, 0.6) is 0 Å². The van der Waals surface area contributed by atoms with Crippen LogP contribution in [0.4, 0.5) is 0 Å². The highest BCUT2D eigenvalue weighted by molar-refractivity contribution is 5.79. The molecule has 1 saturated heterocycles. The highest BCUT2D eigenvalue weighted by Crippen LogP contribution is 2.67. The summed E-state index contributed by atoms with van der Waals surface area (Å²) in [5.41, 5.74) is 0.685. The Morgan fingerprint density at radius 3 is 2.70 bits per heavy atom. The second-order valence-corrected chi connectivity index (χ2v) is 9.66. The number of ketones is 1. The lowest BCUT2D eigenvalue weighted by Crippen LogP contribution is -2.53. The van der Waals surface area contributed by atoms with Crippen LogP contribution in [0.25, 0.3) is 0 Å². The van der Waals surface area contributed by atoms with Gasteiger partial charge in [0.05, 0.1) is 5.60 Å². The molecule has 0 amide bonds. The minimum absolute atomic E-state index is 0.238. The Morgan fingerprint density at radius 2 is 1.87 bits per heavy atom. The van der Waals surface area contributed by atoms with Crippen LogP contribution < -0.4 is 0 Å². The molecule has 0 aromatic carbocycles. The third kappa shape index (κ3) is 1.94. The highest BCUT2D eigenvalue weighted by atomic mass is 16.5. The van der Waals surface area contributed by atoms with Crippen molar-refractivity contribution in [2.24, 2.45) is 35.0 Å². The van der Waals surface area contributed by atoms with E-state index in [0.717, 1.165) is 49.0 Å². The third-order valence-corrected chi connectivity index (χ3v) is 9.16. The summed E-state index contributed by atoms with van der Waals surface area (Å²) in [6, 6.07) is 0. The number of Topliss-reactive ketones (excluding diaryl/α,β-unsaturated/α-hetero) is 1. The number of carbonyl (C=O) groups is 1. The van der Waals surface area contributed by atoms with Crippen LogP contribution in [0.1, 0.15) is 77.6 Å². The molecule has 4 unspecified atom stereocenters. The average molecular weight is 316 g/mol. The fraction of sp³-hybridized carbons (Fsp3) is 0.952. The molecule has 2 nitrogen and oxygen atoms in total. The summed E-state index contributed by atoms with van der Waals surface area (Å²) in [7, 11) is 0. The van der Waals surface area contributed by atoms with Gasteiger partial charge < -0.3 is 4.74 Å². The summed E-state index contributed by atoms with van der Waals surface area (Å²) >= 11 is 0. The molecular formula is C21H32O2. The van der Waals surface area contributed by atoms with Crippen molar-refractivity contribution >= 4 is 5.78 Å². The molecule has 2 heteroatoms. The van der Waals surface area contributed by atoms with E-state index in [4.69, 9.17) is 4.74 Å². The molecule has 0 bridgehead atoms. The number of carbonyl (C=O) groups excluding carboxylic acids is 1. The first kappa shape index (κ1) is 14.9. The quantitative estimate of drug-likeness (QED) is 0.644. The Kier molecular flexibility index (Phi) is 3.29. The van der Waals surface area contributed by atoms with Crippen LogP contribution in [0.15, 0.2) is 0 Å². The zero-order chi connectivity index (χ0) is 15.7. The fourth-order valence-electron chi connectivity index (χ4n) is 8.10. The first-order chi connectivity index (χ1) is 11.1. The summed E-state index contributed by atoms with van der Waals surface area (Å²) in [6.45, 7) is 3.59. The van der Waals surface area contributed by atoms with Crippen molar-refractivity contribution in [1.82, 2.24) is 0 Å². The summed E-state index contributed by atoms with van der Waals surface area (Å²) in [5, 5.41) is 0. The lowest BCUT2D eigenvalue weighted by atomic mass is 9.49. The maximum atomic E-state index is 11.9. The van der Waals surface area contributed by atoms with Gasteiger partial charge in [-0.1, -0.05) is 6.92 Å². The first-order valence-corrected chi connectivity index (χ1v) is 10.3. The summed E-state index contributed by atoms with van der Waals surface area (Å²) < 4.78 is 6.43. The standard InChI is InChI=1S/C21H32O2/c1-20-10-7-17-16-6-4-15(22)13-14(16)3-5-18(17)19(20)8-11-21(20)9-2-12-23-21/h14,16-19H,2-13H2,1H3/t14-,16?,17+,18?,19-,20?,21?/m0/s1. The van der Waals surface area contributed by atoms with Gasteiger partial charge >= 0.3 is 0 Å². The minimum atomic E-state index is 0.238. The molecule has 4 aliphatic carbocycles. The number of fused-ring (bicyclic) bond motifs is 6. The van der Waals surface area contributed by atoms with Crippen molar-refractivity contribution < 1.29 is 9.53 Å². The Morgan fingerprint density at radius 1 is 0.957 bits per heavy atom. The monoisotopic (exact) mass is 316 g/mol. The fourth-order valence-corrected chi connectivity index (χ4v) is 8.10. The van der Waals surface area contributed by atoms with Gasteiger partial charge in [-0.05, 0) is 92.8 Å². The smallest absolute Gasteiger partial charge is 0.133 e. The number of ether oxygens (including phenoxy) is 1. The Hall–Kier alpha value is -0.370. The van der Waals surface area contributed by atoms with Crippen LogP contribution in [0.2, 0.25) is 0 Å². The second-order valence-electron chi connectivity index (χ2n) is 9.66. The van der Waals surface area contributed by atoms with E-state index in [0.29, 0.717) is 11.2 Å². The van der Waals surface area contributed by atoms with E-state index in [1.54, 1.807) is 0 Å². The number of rotatable bonds is 0. The summed E-state index contributed by atoms with van der Waals surface area (Å²) in [6.07, 6.45) is 13.8. The van der Waals surface area contributed by atoms with Gasteiger partial charge in [0, 0.05) is 19.4 Å². The molecule has 1 aliphatic heterocycles. The maximum Gasteiger partial charge on any atom is 0.133 e. The zero-order valence-electron chi connectivity index (χ0n) is 14.7. The lowest BCUT2D eigenvalue weighted by Gasteiger charge is -2.57. The van der Waals surface area contributed by atoms with Crippen LogP contribution >= 0.6 is 0 Å². The minimum Gasteiger partial charge on any atom is -0.374 e. The van der Waals surface area contributed by atoms with Crippen LogP contribution in [-0.4, -0.2) is 18.0 Å². The van der Waals surface area contributed by atoms with Gasteiger partial charge in [0.15, 0.2) is 0 Å². The molecule has 0 aromatic heterocycles. The maximum absolute atomic E-state index is 11.9. The van der Waals surface area contributed by atoms with Gasteiger partial charge in [0.1, 0.15) is 5.78 Å². The first-order valence-electron chi connectivity index (χ1n) is 10.3. The van der Waals surface area contributed by atoms with E-state index in [1.165, 1.54) is 57.8 Å². The van der Waals surface area contributed by atoms with E-state index in [-0.39, 0.29) is 5.60 Å². The molecule has 128 valence electrons. The van der Waals surface area contributed by atoms with E-state index in [1.807, 2.05) is 0 Å². The van der Waals surface area contributed by atoms with Crippen LogP contribution in [0, 0.1) is 35.0 Å². The normalized spacial score (nSPS) is 55.5. The molecule has 1 heterocycles. The molecule has 5 rings (SSSR count). The SMILES string of the molecule is CC12CC[C@@H]3C4CCC(=O)C[C@@H]4CCC3[C@@H]1CCC21CCCO1. The molecular weight excluding hydrogens is 284 g/mol. The molecule has 5 fully saturated rings. The van der Waals surface area contributed by atoms with Gasteiger partial charge in [-0.3, -0.25) is 4.79 Å². The number of hydrogen-bond donors (Lipinski definition) is 0. The predicted octanol–water partition coefficient (Wildman–Crippen LogP) is 4.76. The largest absolute Gasteiger partial charge is 0.374 e. The van der Waals surface area contributed by atoms with Crippen LogP contribution in [0.3, 0.4) is 0 Å². The molecule has 5 aliphatic rings. The van der Waals surface area contributed by atoms with E-state index in [9.17, 15) is 4.79 Å². The molecule has 0 radical (unpaired) electrons. The van der Waals surface area contributed by atoms with E-state index >= 15 is 0 Å². The lowest BCUT2D eigenvalue weighted by molar-refractivity contribution is -0.142. The molecule has 1 spiro atoms. The van der Waals surface area contributed by atoms with Gasteiger partial charge in [0.2, 0.25) is 0 Å². The van der Waals surface area contributed by atoms with E-state index in [2.05, 4.69) is 6.92 Å². The van der Waals surface area contributed by atoms with Crippen molar-refractivity contribution in [3.8, 4) is 0 Å². The predicted molar refractivity (Wildman–Crippen MR) is 90.0 cm³/mol. The average Bonchev–Trinajstić information content (AvgIpc) is 3.14. The van der Waals surface area contributed by atoms with Crippen molar-refractivity contribution in [2.75, 3.05) is 6.61 Å². The second kappa shape index (κ2) is 5.07. The van der Waals surface area contributed by atoms with Gasteiger partial charge in [0.25, 0.3) is 0 Å². The van der Waals surface area contributed by atoms with Gasteiger partial charge in [-0.2, -0.15) is 0 Å². The van der Waals surface area contributed by atoms with Crippen molar-refractivity contribution in [2.45, 2.75) is 83.2 Å². The van der Waals surface area contributed by atoms with E-state index < -0.39 is 0 Å². The van der Waals surface area contributed by atoms with Crippen LogP contribution in [-0.2, 0) is 9.53 Å². The molecule has 23 heavy (non-hydrogen) atoms. The van der Waals surface area contributed by atoms with Gasteiger partial charge in [-0.15, -0.1) is 0 Å². The summed E-state index contributed by atoms with van der Waals surface area (Å²) in [4.78, 5) is 11.9. The topological polar surface area (TPSA) is 26.3 Å². The highest BCUT2D eigenvalue weighted by Gasteiger charge is 2.64. The van der Waals surface area contributed by atoms with Crippen molar-refractivity contribution in [3.63, 3.8) is 0 Å². The Bertz CT molecular complexity index is 506. The Labute approximate surface area is 140 Å². The van der Waals surface area contributed by atoms with Gasteiger partial charge in [-0.25, -0.2) is 0 Å². The third-order valence-electron chi connectivity index (χ3n) is 9.16. The molecule has 0 aromatic rings.